The first-order chi connectivity index (χ1) is 16.5. The van der Waals surface area contributed by atoms with Gasteiger partial charge in [-0.15, -0.1) is 0 Å². The van der Waals surface area contributed by atoms with Crippen molar-refractivity contribution < 1.29 is 14.7 Å². The van der Waals surface area contributed by atoms with E-state index in [9.17, 15) is 19.5 Å². The van der Waals surface area contributed by atoms with Crippen molar-refractivity contribution >= 4 is 18.0 Å². The Morgan fingerprint density at radius 1 is 1.18 bits per heavy atom. The summed E-state index contributed by atoms with van der Waals surface area (Å²) in [6.07, 6.45) is 6.74. The molecule has 0 unspecified atom stereocenters. The molecular weight excluding hydrogens is 434 g/mol. The van der Waals surface area contributed by atoms with Crippen LogP contribution in [0.1, 0.15) is 50.4 Å². The highest BCUT2D eigenvalue weighted by Gasteiger charge is 2.57. The molecule has 2 saturated heterocycles. The van der Waals surface area contributed by atoms with Gasteiger partial charge < -0.3 is 30.1 Å². The van der Waals surface area contributed by atoms with Gasteiger partial charge >= 0.3 is 6.03 Å². The van der Waals surface area contributed by atoms with Crippen LogP contribution in [0.5, 0.6) is 0 Å². The number of carbonyl (C=O) groups excluding carboxylic acids is 2. The molecule has 3 N–H and O–H groups in total. The van der Waals surface area contributed by atoms with E-state index in [2.05, 4.69) is 15.5 Å². The summed E-state index contributed by atoms with van der Waals surface area (Å²) in [5.74, 6) is -0.896. The number of nitrogens with zero attached hydrogens (tertiary/aromatic N) is 3. The molecule has 3 amide bonds. The molecule has 4 atom stereocenters. The second-order valence-corrected chi connectivity index (χ2v) is 9.51. The Bertz CT molecular complexity index is 984. The molecular formula is C25H37N5O4. The largest absolute Gasteiger partial charge is 0.396 e. The van der Waals surface area contributed by atoms with Crippen LogP contribution in [0.15, 0.2) is 23.0 Å². The lowest BCUT2D eigenvalue weighted by Gasteiger charge is -2.31. The molecule has 186 valence electrons. The Morgan fingerprint density at radius 3 is 2.62 bits per heavy atom. The van der Waals surface area contributed by atoms with Crippen molar-refractivity contribution in [3.05, 3.63) is 39.8 Å². The zero-order valence-corrected chi connectivity index (χ0v) is 20.2. The number of amides is 3. The van der Waals surface area contributed by atoms with Gasteiger partial charge in [0.05, 0.1) is 6.04 Å². The fourth-order valence-corrected chi connectivity index (χ4v) is 5.80. The molecule has 0 aromatic carbocycles. The second kappa shape index (κ2) is 10.7. The average Bonchev–Trinajstić information content (AvgIpc) is 3.54. The van der Waals surface area contributed by atoms with Gasteiger partial charge in [0, 0.05) is 55.9 Å². The Kier molecular flexibility index (Phi) is 7.73. The third-order valence-corrected chi connectivity index (χ3v) is 7.41. The maximum absolute atomic E-state index is 13.4. The highest BCUT2D eigenvalue weighted by Crippen LogP contribution is 2.49. The number of likely N-dealkylation sites (tertiary alicyclic amines) is 2. The maximum atomic E-state index is 13.4. The first-order valence-corrected chi connectivity index (χ1v) is 12.5. The van der Waals surface area contributed by atoms with Gasteiger partial charge in [-0.25, -0.2) is 4.79 Å². The van der Waals surface area contributed by atoms with Crippen LogP contribution in [-0.4, -0.2) is 76.8 Å². The van der Waals surface area contributed by atoms with E-state index in [0.29, 0.717) is 25.2 Å². The topological polar surface area (TPSA) is 107 Å². The molecule has 0 saturated carbocycles. The molecule has 34 heavy (non-hydrogen) atoms. The third kappa shape index (κ3) is 4.51. The minimum absolute atomic E-state index is 0.109. The SMILES string of the molecule is C/C=C/c1ccc2n(c1=O)C[C@H]1[C@H](CO)[C@@H](C(=O)NCCN3CCCC3)N(C(=O)NCCC)[C@@H]21. The van der Waals surface area contributed by atoms with Crippen LogP contribution in [0.3, 0.4) is 0 Å². The van der Waals surface area contributed by atoms with Gasteiger partial charge in [0.2, 0.25) is 5.91 Å². The Balaban J connectivity index is 1.62. The van der Waals surface area contributed by atoms with Crippen molar-refractivity contribution in [1.82, 2.24) is 25.0 Å². The van der Waals surface area contributed by atoms with E-state index in [-0.39, 0.29) is 30.0 Å². The van der Waals surface area contributed by atoms with Crippen molar-refractivity contribution in [1.29, 1.82) is 0 Å². The molecule has 0 spiro atoms. The van der Waals surface area contributed by atoms with E-state index in [1.165, 1.54) is 12.8 Å². The highest BCUT2D eigenvalue weighted by molar-refractivity contribution is 5.88. The van der Waals surface area contributed by atoms with Crippen LogP contribution in [-0.2, 0) is 11.3 Å². The molecule has 3 aliphatic heterocycles. The first kappa shape index (κ1) is 24.5. The van der Waals surface area contributed by atoms with Gasteiger partial charge in [-0.1, -0.05) is 19.1 Å². The molecule has 2 fully saturated rings. The van der Waals surface area contributed by atoms with Crippen molar-refractivity contribution in [2.45, 2.75) is 51.7 Å². The molecule has 1 aromatic heterocycles. The lowest BCUT2D eigenvalue weighted by Crippen LogP contribution is -2.53. The van der Waals surface area contributed by atoms with Crippen LogP contribution in [0.2, 0.25) is 0 Å². The van der Waals surface area contributed by atoms with Crippen molar-refractivity contribution in [3.63, 3.8) is 0 Å². The quantitative estimate of drug-likeness (QED) is 0.528. The standard InChI is InChI=1S/C25H37N5O4/c1-3-7-17-8-9-20-21-18(15-29(20)24(17)33)19(16-31)22(30(21)25(34)27-10-4-2)23(32)26-11-14-28-12-5-6-13-28/h3,7-9,18-19,21-22,31H,4-6,10-16H2,1-2H3,(H,26,32)(H,27,34)/b7-3+/t18-,19-,21+,22-/m0/s1. The summed E-state index contributed by atoms with van der Waals surface area (Å²) in [4.78, 5) is 43.7. The molecule has 0 radical (unpaired) electrons. The van der Waals surface area contributed by atoms with Gasteiger partial charge in [-0.3, -0.25) is 9.59 Å². The first-order valence-electron chi connectivity index (χ1n) is 12.5. The molecule has 9 heteroatoms. The smallest absolute Gasteiger partial charge is 0.318 e. The Labute approximate surface area is 200 Å². The van der Waals surface area contributed by atoms with Gasteiger partial charge in [0.1, 0.15) is 6.04 Å². The van der Waals surface area contributed by atoms with E-state index in [1.807, 2.05) is 26.0 Å². The Morgan fingerprint density at radius 2 is 1.94 bits per heavy atom. The van der Waals surface area contributed by atoms with Crippen LogP contribution in [0.25, 0.3) is 6.08 Å². The number of urea groups is 1. The minimum Gasteiger partial charge on any atom is -0.396 e. The van der Waals surface area contributed by atoms with Crippen LogP contribution in [0.4, 0.5) is 4.79 Å². The van der Waals surface area contributed by atoms with Gasteiger partial charge in [-0.05, 0) is 51.4 Å². The fourth-order valence-electron chi connectivity index (χ4n) is 5.80. The molecule has 0 bridgehead atoms. The van der Waals surface area contributed by atoms with E-state index in [1.54, 1.807) is 21.6 Å². The predicted octanol–water partition coefficient (Wildman–Crippen LogP) is 1.18. The highest BCUT2D eigenvalue weighted by atomic mass is 16.3. The summed E-state index contributed by atoms with van der Waals surface area (Å²) in [5, 5.41) is 16.3. The number of aromatic nitrogens is 1. The van der Waals surface area contributed by atoms with Crippen LogP contribution in [0, 0.1) is 11.8 Å². The number of aliphatic hydroxyl groups excluding tert-OH is 1. The molecule has 4 rings (SSSR count). The van der Waals surface area contributed by atoms with Crippen molar-refractivity contribution in [2.75, 3.05) is 39.3 Å². The number of hydrogen-bond donors (Lipinski definition) is 3. The minimum atomic E-state index is -0.783. The zero-order chi connectivity index (χ0) is 24.2. The second-order valence-electron chi connectivity index (χ2n) is 9.51. The number of nitrogens with one attached hydrogen (secondary N) is 2. The van der Waals surface area contributed by atoms with E-state index < -0.39 is 18.0 Å². The summed E-state index contributed by atoms with van der Waals surface area (Å²) in [6.45, 7) is 7.87. The van der Waals surface area contributed by atoms with E-state index in [0.717, 1.165) is 31.7 Å². The molecule has 9 nitrogen and oxygen atoms in total. The lowest BCUT2D eigenvalue weighted by atomic mass is 9.88. The van der Waals surface area contributed by atoms with Crippen LogP contribution < -0.4 is 16.2 Å². The predicted molar refractivity (Wildman–Crippen MR) is 130 cm³/mol. The fraction of sp³-hybridized carbons (Fsp3) is 0.640. The van der Waals surface area contributed by atoms with Gasteiger partial charge in [0.15, 0.2) is 0 Å². The van der Waals surface area contributed by atoms with Crippen molar-refractivity contribution in [3.8, 4) is 0 Å². The number of pyridine rings is 1. The number of hydrogen-bond acceptors (Lipinski definition) is 5. The van der Waals surface area contributed by atoms with Gasteiger partial charge in [0.25, 0.3) is 5.56 Å². The number of rotatable bonds is 8. The summed E-state index contributed by atoms with van der Waals surface area (Å²) >= 11 is 0. The molecule has 4 heterocycles. The van der Waals surface area contributed by atoms with Crippen LogP contribution >= 0.6 is 0 Å². The summed E-state index contributed by atoms with van der Waals surface area (Å²) in [7, 11) is 0. The average molecular weight is 472 g/mol. The Hall–Kier alpha value is -2.65. The van der Waals surface area contributed by atoms with Gasteiger partial charge in [-0.2, -0.15) is 0 Å². The third-order valence-electron chi connectivity index (χ3n) is 7.41. The summed E-state index contributed by atoms with van der Waals surface area (Å²) in [5.41, 5.74) is 1.20. The molecule has 1 aromatic rings. The zero-order valence-electron chi connectivity index (χ0n) is 20.2. The molecule has 3 aliphatic rings. The normalized spacial score (nSPS) is 26.1. The number of carbonyl (C=O) groups is 2. The number of allylic oxidation sites excluding steroid dienone is 1. The van der Waals surface area contributed by atoms with Crippen molar-refractivity contribution in [2.24, 2.45) is 11.8 Å². The summed E-state index contributed by atoms with van der Waals surface area (Å²) < 4.78 is 1.70. The molecule has 0 aliphatic carbocycles. The lowest BCUT2D eigenvalue weighted by molar-refractivity contribution is -0.126. The summed E-state index contributed by atoms with van der Waals surface area (Å²) in [6, 6.07) is 2.11. The van der Waals surface area contributed by atoms with E-state index in [4.69, 9.17) is 0 Å². The number of fused-ring (bicyclic) bond motifs is 3. The maximum Gasteiger partial charge on any atom is 0.318 e. The van der Waals surface area contributed by atoms with E-state index >= 15 is 0 Å². The monoisotopic (exact) mass is 471 g/mol. The number of aliphatic hydroxyl groups is 1.